The molecule has 1 N–H and O–H groups in total. The van der Waals surface area contributed by atoms with E-state index in [1.54, 1.807) is 6.07 Å². The first-order valence-corrected chi connectivity index (χ1v) is 9.41. The van der Waals surface area contributed by atoms with Crippen LogP contribution >= 0.6 is 0 Å². The molecule has 1 aromatic rings. The zero-order valence-electron chi connectivity index (χ0n) is 16.6. The molecule has 0 radical (unpaired) electrons. The Morgan fingerprint density at radius 2 is 2.07 bits per heavy atom. The molecule has 5 nitrogen and oxygen atoms in total. The first-order valence-electron chi connectivity index (χ1n) is 9.41. The fourth-order valence-corrected chi connectivity index (χ4v) is 3.06. The molecule has 2 rings (SSSR count). The summed E-state index contributed by atoms with van der Waals surface area (Å²) in [4.78, 5) is 12.5. The van der Waals surface area contributed by atoms with Crippen molar-refractivity contribution >= 4 is 11.6 Å². The van der Waals surface area contributed by atoms with Gasteiger partial charge in [-0.1, -0.05) is 39.3 Å². The maximum absolute atomic E-state index is 13.5. The van der Waals surface area contributed by atoms with E-state index in [1.165, 1.54) is 0 Å². The largest absolute Gasteiger partial charge is 0.483 e. The van der Waals surface area contributed by atoms with Crippen LogP contribution in [0.3, 0.4) is 0 Å². The summed E-state index contributed by atoms with van der Waals surface area (Å²) in [6.07, 6.45) is -4.05. The number of rotatable bonds is 7. The highest BCUT2D eigenvalue weighted by Crippen LogP contribution is 2.41. The lowest BCUT2D eigenvalue weighted by molar-refractivity contribution is -0.302. The number of aliphatic hydroxyl groups is 1. The monoisotopic (exact) mass is 400 g/mol. The minimum Gasteiger partial charge on any atom is -0.483 e. The molecule has 0 spiro atoms. The number of nitrogens with zero attached hydrogens (tertiary/aromatic N) is 2. The molecule has 1 atom stereocenters. The second-order valence-corrected chi connectivity index (χ2v) is 7.45. The van der Waals surface area contributed by atoms with Crippen LogP contribution in [0.1, 0.15) is 63.5 Å². The van der Waals surface area contributed by atoms with Crippen LogP contribution in [0.5, 0.6) is 5.75 Å². The standard InChI is InChI=1S/C20H27F3N2O3/c1-5-6-7-15-11-19(27,20(21,22)23)25(24-15)18(26)12-28-17-10-14(4)8-9-16(17)13(2)3/h8-10,13,27H,5-7,11-12H2,1-4H3/t19-/m1/s1. The van der Waals surface area contributed by atoms with Gasteiger partial charge >= 0.3 is 6.18 Å². The molecule has 1 heterocycles. The van der Waals surface area contributed by atoms with E-state index in [-0.39, 0.29) is 16.6 Å². The van der Waals surface area contributed by atoms with Gasteiger partial charge in [0.25, 0.3) is 11.6 Å². The van der Waals surface area contributed by atoms with Crippen LogP contribution < -0.4 is 4.74 Å². The lowest BCUT2D eigenvalue weighted by Crippen LogP contribution is -2.57. The highest BCUT2D eigenvalue weighted by molar-refractivity contribution is 5.91. The third-order valence-corrected chi connectivity index (χ3v) is 4.69. The smallest absolute Gasteiger partial charge is 0.438 e. The normalized spacial score (nSPS) is 19.9. The van der Waals surface area contributed by atoms with Crippen LogP contribution in [-0.4, -0.2) is 40.2 Å². The summed E-state index contributed by atoms with van der Waals surface area (Å²) in [6.45, 7) is 7.01. The molecule has 0 aromatic heterocycles. The minimum atomic E-state index is -5.02. The number of hydrogen-bond donors (Lipinski definition) is 1. The van der Waals surface area contributed by atoms with Crippen molar-refractivity contribution in [1.82, 2.24) is 5.01 Å². The third-order valence-electron chi connectivity index (χ3n) is 4.69. The molecule has 1 aliphatic rings. The number of carbonyl (C=O) groups is 1. The first kappa shape index (κ1) is 22.2. The summed E-state index contributed by atoms with van der Waals surface area (Å²) >= 11 is 0. The highest BCUT2D eigenvalue weighted by Gasteiger charge is 2.63. The van der Waals surface area contributed by atoms with Crippen molar-refractivity contribution < 1.29 is 27.8 Å². The SMILES string of the molecule is CCCCC1=NN(C(=O)COc2cc(C)ccc2C(C)C)[C@](O)(C(F)(F)F)C1. The molecule has 1 aromatic carbocycles. The predicted octanol–water partition coefficient (Wildman–Crippen LogP) is 4.53. The Balaban J connectivity index is 2.21. The zero-order chi connectivity index (χ0) is 21.1. The number of hydrazone groups is 1. The van der Waals surface area contributed by atoms with Gasteiger partial charge in [-0.25, -0.2) is 0 Å². The van der Waals surface area contributed by atoms with Gasteiger partial charge in [0.2, 0.25) is 0 Å². The predicted molar refractivity (Wildman–Crippen MR) is 100 cm³/mol. The fraction of sp³-hybridized carbons (Fsp3) is 0.600. The number of unbranched alkanes of at least 4 members (excludes halogenated alkanes) is 1. The summed E-state index contributed by atoms with van der Waals surface area (Å²) in [5.41, 5.74) is -1.42. The Morgan fingerprint density at radius 1 is 1.39 bits per heavy atom. The quantitative estimate of drug-likeness (QED) is 0.732. The van der Waals surface area contributed by atoms with Gasteiger partial charge in [-0.3, -0.25) is 4.79 Å². The van der Waals surface area contributed by atoms with E-state index in [9.17, 15) is 23.1 Å². The van der Waals surface area contributed by atoms with E-state index < -0.39 is 30.8 Å². The lowest BCUT2D eigenvalue weighted by atomic mass is 10.0. The van der Waals surface area contributed by atoms with Crippen molar-refractivity contribution in [2.75, 3.05) is 6.61 Å². The van der Waals surface area contributed by atoms with E-state index >= 15 is 0 Å². The Morgan fingerprint density at radius 3 is 2.64 bits per heavy atom. The maximum atomic E-state index is 13.5. The Labute approximate surface area is 163 Å². The van der Waals surface area contributed by atoms with Gasteiger partial charge in [0.05, 0.1) is 0 Å². The average Bonchev–Trinajstić information content (AvgIpc) is 2.95. The minimum absolute atomic E-state index is 0.114. The second kappa shape index (κ2) is 8.51. The number of ether oxygens (including phenoxy) is 1. The van der Waals surface area contributed by atoms with Crippen molar-refractivity contribution in [3.8, 4) is 5.75 Å². The molecule has 8 heteroatoms. The second-order valence-electron chi connectivity index (χ2n) is 7.45. The van der Waals surface area contributed by atoms with E-state index in [4.69, 9.17) is 4.74 Å². The van der Waals surface area contributed by atoms with E-state index in [2.05, 4.69) is 5.10 Å². The number of carbonyl (C=O) groups excluding carboxylic acids is 1. The number of halogens is 3. The number of hydrogen-bond acceptors (Lipinski definition) is 4. The van der Waals surface area contributed by atoms with E-state index in [0.717, 1.165) is 17.5 Å². The molecule has 0 unspecified atom stereocenters. The third kappa shape index (κ3) is 4.66. The summed E-state index contributed by atoms with van der Waals surface area (Å²) in [5.74, 6) is -0.487. The molecular formula is C20H27F3N2O3. The van der Waals surface area contributed by atoms with Crippen LogP contribution in [-0.2, 0) is 4.79 Å². The number of benzene rings is 1. The average molecular weight is 400 g/mol. The van der Waals surface area contributed by atoms with Gasteiger partial charge in [0.15, 0.2) is 6.61 Å². The van der Waals surface area contributed by atoms with Crippen LogP contribution in [0.2, 0.25) is 0 Å². The summed E-state index contributed by atoms with van der Waals surface area (Å²) in [7, 11) is 0. The van der Waals surface area contributed by atoms with E-state index in [0.29, 0.717) is 18.6 Å². The zero-order valence-corrected chi connectivity index (χ0v) is 16.6. The molecule has 1 amide bonds. The number of amides is 1. The van der Waals surface area contributed by atoms with Crippen molar-refractivity contribution in [3.05, 3.63) is 29.3 Å². The van der Waals surface area contributed by atoms with Crippen molar-refractivity contribution in [2.45, 2.75) is 71.2 Å². The summed E-state index contributed by atoms with van der Waals surface area (Å²) < 4.78 is 46.0. The van der Waals surface area contributed by atoms with Crippen LogP contribution in [0.25, 0.3) is 0 Å². The Bertz CT molecular complexity index is 747. The van der Waals surface area contributed by atoms with Crippen LogP contribution in [0, 0.1) is 6.92 Å². The molecule has 0 bridgehead atoms. The van der Waals surface area contributed by atoms with Gasteiger partial charge in [0.1, 0.15) is 5.75 Å². The van der Waals surface area contributed by atoms with Crippen LogP contribution in [0.15, 0.2) is 23.3 Å². The van der Waals surface area contributed by atoms with E-state index in [1.807, 2.05) is 39.8 Å². The van der Waals surface area contributed by atoms with Crippen LogP contribution in [0.4, 0.5) is 13.2 Å². The molecule has 156 valence electrons. The molecule has 28 heavy (non-hydrogen) atoms. The first-order chi connectivity index (χ1) is 13.0. The van der Waals surface area contributed by atoms with Crippen molar-refractivity contribution in [1.29, 1.82) is 0 Å². The fourth-order valence-electron chi connectivity index (χ4n) is 3.06. The summed E-state index contributed by atoms with van der Waals surface area (Å²) in [5, 5.41) is 14.1. The molecule has 0 fully saturated rings. The van der Waals surface area contributed by atoms with Gasteiger partial charge in [-0.15, -0.1) is 0 Å². The Hall–Kier alpha value is -2.09. The van der Waals surface area contributed by atoms with Gasteiger partial charge < -0.3 is 9.84 Å². The molecule has 0 saturated heterocycles. The number of aryl methyl sites for hydroxylation is 1. The lowest BCUT2D eigenvalue weighted by Gasteiger charge is -2.32. The molecular weight excluding hydrogens is 373 g/mol. The highest BCUT2D eigenvalue weighted by atomic mass is 19.4. The topological polar surface area (TPSA) is 62.1 Å². The van der Waals surface area contributed by atoms with Gasteiger partial charge in [-0.2, -0.15) is 23.3 Å². The molecule has 0 saturated carbocycles. The van der Waals surface area contributed by atoms with Gasteiger partial charge in [-0.05, 0) is 42.9 Å². The van der Waals surface area contributed by atoms with Crippen molar-refractivity contribution in [2.24, 2.45) is 5.10 Å². The summed E-state index contributed by atoms with van der Waals surface area (Å²) in [6, 6.07) is 5.50. The number of alkyl halides is 3. The molecule has 1 aliphatic heterocycles. The van der Waals surface area contributed by atoms with Crippen molar-refractivity contribution in [3.63, 3.8) is 0 Å². The molecule has 0 aliphatic carbocycles. The maximum Gasteiger partial charge on any atom is 0.438 e. The Kier molecular flexibility index (Phi) is 6.75. The van der Waals surface area contributed by atoms with Gasteiger partial charge in [0, 0.05) is 12.1 Å².